The number of nitrogens with one attached hydrogen (secondary N) is 1. The minimum atomic E-state index is -0.416. The van der Waals surface area contributed by atoms with E-state index in [0.29, 0.717) is 17.4 Å². The second-order valence-corrected chi connectivity index (χ2v) is 5.21. The third-order valence-corrected chi connectivity index (χ3v) is 3.56. The number of aromatic nitrogens is 1. The molecule has 0 aliphatic carbocycles. The third kappa shape index (κ3) is 4.09. The summed E-state index contributed by atoms with van der Waals surface area (Å²) in [6.45, 7) is 2.57. The van der Waals surface area contributed by atoms with Gasteiger partial charge in [0, 0.05) is 17.5 Å². The number of hydrogen-bond acceptors (Lipinski definition) is 6. The van der Waals surface area contributed by atoms with Crippen molar-refractivity contribution in [2.75, 3.05) is 19.0 Å². The SMILES string of the molecule is CCNc1cc([N+](=O)[O-])cc(Sc2ccc(OC)cc2)n1. The van der Waals surface area contributed by atoms with Gasteiger partial charge in [-0.05, 0) is 31.2 Å². The zero-order chi connectivity index (χ0) is 15.2. The van der Waals surface area contributed by atoms with E-state index in [4.69, 9.17) is 4.74 Å². The lowest BCUT2D eigenvalue weighted by Crippen LogP contribution is -2.01. The molecule has 21 heavy (non-hydrogen) atoms. The Hall–Kier alpha value is -2.28. The standard InChI is InChI=1S/C14H15N3O3S/c1-3-15-13-8-10(17(18)19)9-14(16-13)21-12-6-4-11(20-2)5-7-12/h4-9H,3H2,1-2H3,(H,15,16). The number of methoxy groups -OCH3 is 1. The summed E-state index contributed by atoms with van der Waals surface area (Å²) >= 11 is 1.37. The van der Waals surface area contributed by atoms with E-state index in [9.17, 15) is 10.1 Å². The molecule has 6 nitrogen and oxygen atoms in total. The van der Waals surface area contributed by atoms with Crippen LogP contribution in [0.4, 0.5) is 11.5 Å². The van der Waals surface area contributed by atoms with Crippen LogP contribution in [0.25, 0.3) is 0 Å². The van der Waals surface area contributed by atoms with Gasteiger partial charge in [-0.3, -0.25) is 10.1 Å². The van der Waals surface area contributed by atoms with Crippen molar-refractivity contribution in [1.82, 2.24) is 4.98 Å². The first-order valence-electron chi connectivity index (χ1n) is 6.34. The summed E-state index contributed by atoms with van der Waals surface area (Å²) in [5.41, 5.74) is 0.0250. The Morgan fingerprint density at radius 3 is 2.62 bits per heavy atom. The van der Waals surface area contributed by atoms with Crippen molar-refractivity contribution < 1.29 is 9.66 Å². The van der Waals surface area contributed by atoms with Crippen molar-refractivity contribution in [2.45, 2.75) is 16.8 Å². The Labute approximate surface area is 126 Å². The van der Waals surface area contributed by atoms with Gasteiger partial charge in [-0.1, -0.05) is 11.8 Å². The van der Waals surface area contributed by atoms with Crippen LogP contribution in [0.15, 0.2) is 46.3 Å². The van der Waals surface area contributed by atoms with Crippen LogP contribution in [0.1, 0.15) is 6.92 Å². The molecule has 0 unspecified atom stereocenters. The van der Waals surface area contributed by atoms with Gasteiger partial charge in [0.05, 0.1) is 18.1 Å². The van der Waals surface area contributed by atoms with Crippen LogP contribution in [0.5, 0.6) is 5.75 Å². The summed E-state index contributed by atoms with van der Waals surface area (Å²) in [7, 11) is 1.60. The van der Waals surface area contributed by atoms with Gasteiger partial charge in [0.15, 0.2) is 0 Å². The lowest BCUT2D eigenvalue weighted by Gasteiger charge is -2.06. The molecule has 2 aromatic rings. The minimum Gasteiger partial charge on any atom is -0.497 e. The number of benzene rings is 1. The fraction of sp³-hybridized carbons (Fsp3) is 0.214. The topological polar surface area (TPSA) is 77.3 Å². The fourth-order valence-electron chi connectivity index (χ4n) is 1.69. The predicted octanol–water partition coefficient (Wildman–Crippen LogP) is 3.58. The molecule has 0 fully saturated rings. The highest BCUT2D eigenvalue weighted by Gasteiger charge is 2.12. The first-order chi connectivity index (χ1) is 10.1. The average molecular weight is 305 g/mol. The zero-order valence-electron chi connectivity index (χ0n) is 11.7. The summed E-state index contributed by atoms with van der Waals surface area (Å²) in [5, 5.41) is 14.5. The van der Waals surface area contributed by atoms with Gasteiger partial charge in [0.2, 0.25) is 0 Å². The van der Waals surface area contributed by atoms with Crippen molar-refractivity contribution in [2.24, 2.45) is 0 Å². The maximum absolute atomic E-state index is 11.0. The molecule has 0 bridgehead atoms. The third-order valence-electron chi connectivity index (χ3n) is 2.64. The van der Waals surface area contributed by atoms with Crippen LogP contribution in [0.3, 0.4) is 0 Å². The van der Waals surface area contributed by atoms with Crippen LogP contribution < -0.4 is 10.1 Å². The monoisotopic (exact) mass is 305 g/mol. The van der Waals surface area contributed by atoms with E-state index >= 15 is 0 Å². The Morgan fingerprint density at radius 2 is 2.05 bits per heavy atom. The van der Waals surface area contributed by atoms with Gasteiger partial charge in [-0.15, -0.1) is 0 Å². The molecule has 0 aliphatic rings. The normalized spacial score (nSPS) is 10.2. The maximum Gasteiger partial charge on any atom is 0.275 e. The summed E-state index contributed by atoms with van der Waals surface area (Å²) in [6, 6.07) is 10.3. The Kier molecular flexibility index (Phi) is 4.99. The number of nitro groups is 1. The van der Waals surface area contributed by atoms with Gasteiger partial charge in [0.25, 0.3) is 5.69 Å². The van der Waals surface area contributed by atoms with Crippen LogP contribution in [-0.2, 0) is 0 Å². The molecule has 110 valence electrons. The lowest BCUT2D eigenvalue weighted by molar-refractivity contribution is -0.385. The fourth-order valence-corrected chi connectivity index (χ4v) is 2.52. The van der Waals surface area contributed by atoms with Crippen molar-refractivity contribution in [3.8, 4) is 5.75 Å². The number of rotatable bonds is 6. The Balaban J connectivity index is 2.26. The second kappa shape index (κ2) is 6.94. The predicted molar refractivity (Wildman–Crippen MR) is 82.2 cm³/mol. The van der Waals surface area contributed by atoms with Gasteiger partial charge in [-0.25, -0.2) is 4.98 Å². The van der Waals surface area contributed by atoms with Gasteiger partial charge < -0.3 is 10.1 Å². The molecule has 1 N–H and O–H groups in total. The summed E-state index contributed by atoms with van der Waals surface area (Å²) in [6.07, 6.45) is 0. The quantitative estimate of drug-likeness (QED) is 0.649. The van der Waals surface area contributed by atoms with E-state index in [0.717, 1.165) is 10.6 Å². The van der Waals surface area contributed by atoms with Crippen LogP contribution in [-0.4, -0.2) is 23.6 Å². The second-order valence-electron chi connectivity index (χ2n) is 4.11. The molecule has 0 atom stereocenters. The molecule has 2 rings (SSSR count). The average Bonchev–Trinajstić information content (AvgIpc) is 2.48. The number of nitrogens with zero attached hydrogens (tertiary/aromatic N) is 2. The summed E-state index contributed by atoms with van der Waals surface area (Å²) in [4.78, 5) is 15.8. The molecular formula is C14H15N3O3S. The smallest absolute Gasteiger partial charge is 0.275 e. The van der Waals surface area contributed by atoms with E-state index in [2.05, 4.69) is 10.3 Å². The summed E-state index contributed by atoms with van der Waals surface area (Å²) in [5.74, 6) is 1.27. The van der Waals surface area contributed by atoms with Crippen molar-refractivity contribution in [3.63, 3.8) is 0 Å². The highest BCUT2D eigenvalue weighted by molar-refractivity contribution is 7.99. The Bertz CT molecular complexity index is 632. The van der Waals surface area contributed by atoms with E-state index in [1.165, 1.54) is 23.9 Å². The molecule has 0 radical (unpaired) electrons. The number of ether oxygens (including phenoxy) is 1. The van der Waals surface area contributed by atoms with Crippen molar-refractivity contribution >= 4 is 23.3 Å². The molecule has 1 heterocycles. The minimum absolute atomic E-state index is 0.0250. The largest absolute Gasteiger partial charge is 0.497 e. The van der Waals surface area contributed by atoms with E-state index < -0.39 is 4.92 Å². The van der Waals surface area contributed by atoms with Gasteiger partial charge >= 0.3 is 0 Å². The molecular weight excluding hydrogens is 290 g/mol. The lowest BCUT2D eigenvalue weighted by atomic mass is 10.3. The molecule has 1 aromatic carbocycles. The Morgan fingerprint density at radius 1 is 1.33 bits per heavy atom. The highest BCUT2D eigenvalue weighted by atomic mass is 32.2. The first kappa shape index (κ1) is 15.1. The van der Waals surface area contributed by atoms with Crippen molar-refractivity contribution in [1.29, 1.82) is 0 Å². The zero-order valence-corrected chi connectivity index (χ0v) is 12.5. The molecule has 0 saturated heterocycles. The van der Waals surface area contributed by atoms with E-state index in [-0.39, 0.29) is 5.69 Å². The highest BCUT2D eigenvalue weighted by Crippen LogP contribution is 2.31. The molecule has 1 aromatic heterocycles. The van der Waals surface area contributed by atoms with E-state index in [1.807, 2.05) is 31.2 Å². The van der Waals surface area contributed by atoms with Gasteiger partial charge in [0.1, 0.15) is 16.6 Å². The van der Waals surface area contributed by atoms with Crippen LogP contribution in [0, 0.1) is 10.1 Å². The summed E-state index contributed by atoms with van der Waals surface area (Å²) < 4.78 is 5.10. The molecule has 0 amide bonds. The van der Waals surface area contributed by atoms with Gasteiger partial charge in [-0.2, -0.15) is 0 Å². The number of anilines is 1. The number of hydrogen-bond donors (Lipinski definition) is 1. The molecule has 0 spiro atoms. The van der Waals surface area contributed by atoms with E-state index in [1.54, 1.807) is 7.11 Å². The molecule has 0 aliphatic heterocycles. The van der Waals surface area contributed by atoms with Crippen LogP contribution >= 0.6 is 11.8 Å². The number of pyridine rings is 1. The molecule has 7 heteroatoms. The maximum atomic E-state index is 11.0. The first-order valence-corrected chi connectivity index (χ1v) is 7.16. The van der Waals surface area contributed by atoms with Crippen LogP contribution in [0.2, 0.25) is 0 Å². The molecule has 0 saturated carbocycles. The van der Waals surface area contributed by atoms with Crippen molar-refractivity contribution in [3.05, 3.63) is 46.5 Å².